The molecule has 0 bridgehead atoms. The second-order valence-corrected chi connectivity index (χ2v) is 4.59. The largest absolute Gasteiger partial charge is 0.478 e. The van der Waals surface area contributed by atoms with E-state index >= 15 is 0 Å². The first-order chi connectivity index (χ1) is 9.08. The SMILES string of the molecule is O=C(O)c1cc(CCN2CCNCC2)cc(F)c1F. The zero-order valence-corrected chi connectivity index (χ0v) is 10.5. The van der Waals surface area contributed by atoms with Gasteiger partial charge in [-0.15, -0.1) is 0 Å². The maximum atomic E-state index is 13.3. The van der Waals surface area contributed by atoms with Crippen LogP contribution in [0.2, 0.25) is 0 Å². The molecule has 0 spiro atoms. The van der Waals surface area contributed by atoms with E-state index in [1.54, 1.807) is 0 Å². The van der Waals surface area contributed by atoms with E-state index in [0.717, 1.165) is 32.2 Å². The highest BCUT2D eigenvalue weighted by atomic mass is 19.2. The maximum Gasteiger partial charge on any atom is 0.338 e. The van der Waals surface area contributed by atoms with Crippen LogP contribution in [-0.2, 0) is 6.42 Å². The lowest BCUT2D eigenvalue weighted by Gasteiger charge is -2.27. The third-order valence-corrected chi connectivity index (χ3v) is 3.24. The minimum absolute atomic E-state index is 0.509. The number of nitrogens with zero attached hydrogens (tertiary/aromatic N) is 1. The molecule has 104 valence electrons. The second kappa shape index (κ2) is 6.08. The molecule has 0 amide bonds. The fourth-order valence-corrected chi connectivity index (χ4v) is 2.17. The minimum atomic E-state index is -1.44. The standard InChI is InChI=1S/C13H16F2N2O2/c14-11-8-9(7-10(12(11)15)13(18)19)1-4-17-5-2-16-3-6-17/h7-8,16H,1-6H2,(H,18,19). The van der Waals surface area contributed by atoms with Crippen LogP contribution in [0.4, 0.5) is 8.78 Å². The number of halogens is 2. The van der Waals surface area contributed by atoms with Gasteiger partial charge in [0, 0.05) is 32.7 Å². The average molecular weight is 270 g/mol. The van der Waals surface area contributed by atoms with Gasteiger partial charge in [0.15, 0.2) is 11.6 Å². The number of piperazine rings is 1. The smallest absolute Gasteiger partial charge is 0.338 e. The highest BCUT2D eigenvalue weighted by Crippen LogP contribution is 2.16. The molecule has 1 saturated heterocycles. The Balaban J connectivity index is 2.05. The normalized spacial score (nSPS) is 16.5. The Morgan fingerprint density at radius 2 is 2.00 bits per heavy atom. The average Bonchev–Trinajstić information content (AvgIpc) is 2.41. The molecule has 0 radical (unpaired) electrons. The van der Waals surface area contributed by atoms with Gasteiger partial charge in [-0.05, 0) is 24.1 Å². The van der Waals surface area contributed by atoms with E-state index in [-0.39, 0.29) is 0 Å². The van der Waals surface area contributed by atoms with Crippen LogP contribution in [0, 0.1) is 11.6 Å². The summed E-state index contributed by atoms with van der Waals surface area (Å²) in [5.41, 5.74) is -0.0925. The number of aromatic carboxylic acids is 1. The van der Waals surface area contributed by atoms with Crippen LogP contribution in [0.1, 0.15) is 15.9 Å². The van der Waals surface area contributed by atoms with Crippen LogP contribution < -0.4 is 5.32 Å². The third kappa shape index (κ3) is 3.48. The molecule has 1 aliphatic heterocycles. The summed E-state index contributed by atoms with van der Waals surface area (Å²) < 4.78 is 26.6. The Hall–Kier alpha value is -1.53. The Bertz CT molecular complexity index is 474. The quantitative estimate of drug-likeness (QED) is 0.860. The fraction of sp³-hybridized carbons (Fsp3) is 0.462. The number of nitrogens with one attached hydrogen (secondary N) is 1. The van der Waals surface area contributed by atoms with Crippen molar-refractivity contribution in [2.75, 3.05) is 32.7 Å². The van der Waals surface area contributed by atoms with E-state index in [0.29, 0.717) is 18.5 Å². The van der Waals surface area contributed by atoms with Crippen LogP contribution in [0.25, 0.3) is 0 Å². The number of carboxylic acid groups (broad SMARTS) is 1. The molecular formula is C13H16F2N2O2. The summed E-state index contributed by atoms with van der Waals surface area (Å²) in [6.45, 7) is 4.37. The van der Waals surface area contributed by atoms with Gasteiger partial charge in [0.2, 0.25) is 0 Å². The van der Waals surface area contributed by atoms with E-state index in [4.69, 9.17) is 5.11 Å². The number of rotatable bonds is 4. The summed E-state index contributed by atoms with van der Waals surface area (Å²) in [6, 6.07) is 2.28. The monoisotopic (exact) mass is 270 g/mol. The van der Waals surface area contributed by atoms with Crippen molar-refractivity contribution < 1.29 is 18.7 Å². The molecule has 2 rings (SSSR count). The van der Waals surface area contributed by atoms with E-state index in [1.807, 2.05) is 0 Å². The van der Waals surface area contributed by atoms with E-state index in [1.165, 1.54) is 6.07 Å². The summed E-state index contributed by atoms with van der Waals surface area (Å²) in [5.74, 6) is -3.84. The number of carbonyl (C=O) groups is 1. The molecule has 0 atom stereocenters. The first-order valence-corrected chi connectivity index (χ1v) is 6.22. The van der Waals surface area contributed by atoms with Crippen molar-refractivity contribution in [1.29, 1.82) is 0 Å². The Kier molecular flexibility index (Phi) is 4.44. The molecule has 1 aliphatic rings. The van der Waals surface area contributed by atoms with Gasteiger partial charge in [-0.1, -0.05) is 0 Å². The first kappa shape index (κ1) is 13.9. The molecule has 2 N–H and O–H groups in total. The first-order valence-electron chi connectivity index (χ1n) is 6.22. The van der Waals surface area contributed by atoms with Crippen molar-refractivity contribution in [3.63, 3.8) is 0 Å². The van der Waals surface area contributed by atoms with Crippen molar-refractivity contribution >= 4 is 5.97 Å². The molecule has 0 saturated carbocycles. The van der Waals surface area contributed by atoms with E-state index in [9.17, 15) is 13.6 Å². The molecule has 0 unspecified atom stereocenters. The molecule has 1 heterocycles. The summed E-state index contributed by atoms with van der Waals surface area (Å²) in [4.78, 5) is 13.0. The van der Waals surface area contributed by atoms with Gasteiger partial charge >= 0.3 is 5.97 Å². The summed E-state index contributed by atoms with van der Waals surface area (Å²) in [7, 11) is 0. The van der Waals surface area contributed by atoms with Crippen molar-refractivity contribution in [1.82, 2.24) is 10.2 Å². The van der Waals surface area contributed by atoms with Gasteiger partial charge in [-0.25, -0.2) is 13.6 Å². The lowest BCUT2D eigenvalue weighted by atomic mass is 10.1. The van der Waals surface area contributed by atoms with Gasteiger partial charge in [-0.2, -0.15) is 0 Å². The second-order valence-electron chi connectivity index (χ2n) is 4.59. The molecule has 19 heavy (non-hydrogen) atoms. The molecule has 1 fully saturated rings. The van der Waals surface area contributed by atoms with Gasteiger partial charge in [0.1, 0.15) is 0 Å². The van der Waals surface area contributed by atoms with Gasteiger partial charge < -0.3 is 15.3 Å². The summed E-state index contributed by atoms with van der Waals surface area (Å²) in [6.07, 6.45) is 0.511. The zero-order chi connectivity index (χ0) is 13.8. The van der Waals surface area contributed by atoms with E-state index < -0.39 is 23.2 Å². The van der Waals surface area contributed by atoms with Crippen molar-refractivity contribution in [3.05, 3.63) is 34.9 Å². The highest BCUT2D eigenvalue weighted by Gasteiger charge is 2.17. The zero-order valence-electron chi connectivity index (χ0n) is 10.5. The molecule has 0 aliphatic carbocycles. The topological polar surface area (TPSA) is 52.6 Å². The lowest BCUT2D eigenvalue weighted by Crippen LogP contribution is -2.44. The van der Waals surface area contributed by atoms with Crippen molar-refractivity contribution in [2.24, 2.45) is 0 Å². The Morgan fingerprint density at radius 1 is 1.32 bits per heavy atom. The maximum absolute atomic E-state index is 13.3. The Morgan fingerprint density at radius 3 is 2.63 bits per heavy atom. The van der Waals surface area contributed by atoms with Crippen molar-refractivity contribution in [2.45, 2.75) is 6.42 Å². The van der Waals surface area contributed by atoms with Gasteiger partial charge in [-0.3, -0.25) is 0 Å². The van der Waals surface area contributed by atoms with Crippen molar-refractivity contribution in [3.8, 4) is 0 Å². The van der Waals surface area contributed by atoms with Crippen LogP contribution >= 0.6 is 0 Å². The predicted molar refractivity (Wildman–Crippen MR) is 66.3 cm³/mol. The number of benzene rings is 1. The van der Waals surface area contributed by atoms with E-state index in [2.05, 4.69) is 10.2 Å². The Labute approximate surface area is 110 Å². The number of hydrogen-bond acceptors (Lipinski definition) is 3. The summed E-state index contributed by atoms with van der Waals surface area (Å²) in [5, 5.41) is 12.0. The van der Waals surface area contributed by atoms with Crippen LogP contribution in [0.5, 0.6) is 0 Å². The minimum Gasteiger partial charge on any atom is -0.478 e. The third-order valence-electron chi connectivity index (χ3n) is 3.24. The highest BCUT2D eigenvalue weighted by molar-refractivity contribution is 5.88. The molecule has 0 aromatic heterocycles. The number of carboxylic acids is 1. The molecule has 1 aromatic rings. The summed E-state index contributed by atoms with van der Waals surface area (Å²) >= 11 is 0. The number of hydrogen-bond donors (Lipinski definition) is 2. The predicted octanol–water partition coefficient (Wildman–Crippen LogP) is 1.11. The molecular weight excluding hydrogens is 254 g/mol. The lowest BCUT2D eigenvalue weighted by molar-refractivity contribution is 0.0690. The van der Waals surface area contributed by atoms with Gasteiger partial charge in [0.05, 0.1) is 5.56 Å². The van der Waals surface area contributed by atoms with Gasteiger partial charge in [0.25, 0.3) is 0 Å². The fourth-order valence-electron chi connectivity index (χ4n) is 2.17. The van der Waals surface area contributed by atoms with Crippen LogP contribution in [-0.4, -0.2) is 48.7 Å². The molecule has 1 aromatic carbocycles. The molecule has 4 nitrogen and oxygen atoms in total. The van der Waals surface area contributed by atoms with Crippen LogP contribution in [0.3, 0.4) is 0 Å². The van der Waals surface area contributed by atoms with Crippen LogP contribution in [0.15, 0.2) is 12.1 Å². The molecule has 6 heteroatoms.